The molecule has 3 aliphatic rings. The first-order chi connectivity index (χ1) is 31.3. The fourth-order valence-electron chi connectivity index (χ4n) is 7.41. The van der Waals surface area contributed by atoms with E-state index in [2.05, 4.69) is 41.7 Å². The number of anilines is 2. The average Bonchev–Trinajstić information content (AvgIpc) is 3.68. The normalized spacial score (nSPS) is 16.1. The molecule has 8 rings (SSSR count). The number of alkyl halides is 3. The highest BCUT2D eigenvalue weighted by Crippen LogP contribution is 2.35. The van der Waals surface area contributed by atoms with Crippen LogP contribution in [0.3, 0.4) is 0 Å². The summed E-state index contributed by atoms with van der Waals surface area (Å²) in [5, 5.41) is 17.3. The van der Waals surface area contributed by atoms with Gasteiger partial charge in [-0.15, -0.1) is 0 Å². The summed E-state index contributed by atoms with van der Waals surface area (Å²) in [4.78, 5) is 85.5. The fraction of sp³-hybridized carbons (Fsp3) is 0.341. The van der Waals surface area contributed by atoms with Gasteiger partial charge in [-0.3, -0.25) is 39.0 Å². The highest BCUT2D eigenvalue weighted by molar-refractivity contribution is 6.24. The Morgan fingerprint density at radius 2 is 1.74 bits per heavy atom. The van der Waals surface area contributed by atoms with Crippen LogP contribution in [0, 0.1) is 5.92 Å². The van der Waals surface area contributed by atoms with E-state index in [0.29, 0.717) is 55.4 Å². The third-order valence-electron chi connectivity index (χ3n) is 10.9. The van der Waals surface area contributed by atoms with Gasteiger partial charge >= 0.3 is 6.18 Å². The van der Waals surface area contributed by atoms with Crippen LogP contribution in [0.4, 0.5) is 24.7 Å². The minimum Gasteiger partial charge on any atom is -0.444 e. The van der Waals surface area contributed by atoms with Gasteiger partial charge < -0.3 is 30.4 Å². The summed E-state index contributed by atoms with van der Waals surface area (Å²) in [5.41, 5.74) is 0.00238. The molecule has 2 fully saturated rings. The van der Waals surface area contributed by atoms with Crippen molar-refractivity contribution in [2.75, 3.05) is 50.0 Å². The number of amides is 6. The van der Waals surface area contributed by atoms with E-state index in [4.69, 9.17) is 9.15 Å². The van der Waals surface area contributed by atoms with Crippen LogP contribution >= 0.6 is 0 Å². The third kappa shape index (κ3) is 10.4. The number of benzene rings is 2. The van der Waals surface area contributed by atoms with Crippen LogP contribution < -0.4 is 26.6 Å². The van der Waals surface area contributed by atoms with E-state index in [-0.39, 0.29) is 60.0 Å². The molecular weight excluding hydrogens is 854 g/mol. The summed E-state index contributed by atoms with van der Waals surface area (Å²) < 4.78 is 54.2. The van der Waals surface area contributed by atoms with E-state index in [1.54, 1.807) is 36.5 Å². The number of nitrogens with zero attached hydrogens (tertiary/aromatic N) is 5. The Morgan fingerprint density at radius 1 is 0.938 bits per heavy atom. The number of piperidine rings is 1. The van der Waals surface area contributed by atoms with Crippen LogP contribution in [0.5, 0.6) is 0 Å². The lowest BCUT2D eigenvalue weighted by atomic mass is 9.99. The van der Waals surface area contributed by atoms with Crippen LogP contribution in [0.25, 0.3) is 17.1 Å². The molecule has 1 saturated heterocycles. The van der Waals surface area contributed by atoms with Crippen molar-refractivity contribution in [1.29, 1.82) is 0 Å². The number of halogens is 3. The van der Waals surface area contributed by atoms with Gasteiger partial charge in [-0.1, -0.05) is 12.1 Å². The molecular formula is C44H43F3N10O8. The lowest BCUT2D eigenvalue weighted by Crippen LogP contribution is -2.54. The number of imide groups is 2. The van der Waals surface area contributed by atoms with Crippen molar-refractivity contribution >= 4 is 46.9 Å². The predicted octanol–water partition coefficient (Wildman–Crippen LogP) is 4.39. The van der Waals surface area contributed by atoms with Crippen molar-refractivity contribution in [2.45, 2.75) is 50.7 Å². The highest BCUT2D eigenvalue weighted by Gasteiger charge is 2.45. The van der Waals surface area contributed by atoms with Crippen molar-refractivity contribution in [3.05, 3.63) is 107 Å². The topological polar surface area (TPSA) is 232 Å². The summed E-state index contributed by atoms with van der Waals surface area (Å²) in [5.74, 6) is -2.25. The third-order valence-corrected chi connectivity index (χ3v) is 10.9. The largest absolute Gasteiger partial charge is 0.444 e. The molecule has 3 aromatic heterocycles. The summed E-state index contributed by atoms with van der Waals surface area (Å²) in [6.45, 7) is 2.61. The molecule has 1 atom stereocenters. The van der Waals surface area contributed by atoms with Crippen molar-refractivity contribution in [1.82, 2.24) is 40.6 Å². The number of nitrogens with one attached hydrogen (secondary N) is 5. The second kappa shape index (κ2) is 19.2. The Balaban J connectivity index is 0.754. The SMILES string of the molecule is O=C1CCC(N2C(=O)c3cccc(CCCNCCOCCNC(=O)c4ccc(-n5cc(NC(=O)c6coc(-c7ccnc(NCC8CC8)c7)n6)c(C(F)(F)F)n5)cc4)c3C2=O)C(=O)N1. The minimum absolute atomic E-state index is 0.0435. The van der Waals surface area contributed by atoms with Gasteiger partial charge in [0.1, 0.15) is 18.1 Å². The second-order valence-corrected chi connectivity index (χ2v) is 15.6. The van der Waals surface area contributed by atoms with Gasteiger partial charge in [0, 0.05) is 43.4 Å². The van der Waals surface area contributed by atoms with E-state index in [1.807, 2.05) is 0 Å². The first-order valence-electron chi connectivity index (χ1n) is 21.0. The Morgan fingerprint density at radius 3 is 2.51 bits per heavy atom. The van der Waals surface area contributed by atoms with Gasteiger partial charge in [-0.05, 0) is 92.6 Å². The molecule has 5 aromatic rings. The Hall–Kier alpha value is -7.26. The lowest BCUT2D eigenvalue weighted by Gasteiger charge is -2.27. The number of carbonyl (C=O) groups is 6. The zero-order valence-corrected chi connectivity index (χ0v) is 34.7. The number of ether oxygens (including phenoxy) is 1. The molecule has 6 amide bonds. The molecule has 21 heteroatoms. The summed E-state index contributed by atoms with van der Waals surface area (Å²) in [7, 11) is 0. The molecule has 5 heterocycles. The minimum atomic E-state index is -4.91. The predicted molar refractivity (Wildman–Crippen MR) is 225 cm³/mol. The van der Waals surface area contributed by atoms with Crippen LogP contribution in [-0.4, -0.2) is 106 Å². The van der Waals surface area contributed by atoms with E-state index in [9.17, 15) is 41.9 Å². The van der Waals surface area contributed by atoms with Gasteiger partial charge in [0.2, 0.25) is 17.7 Å². The maximum absolute atomic E-state index is 14.1. The maximum Gasteiger partial charge on any atom is 0.437 e. The number of rotatable bonds is 19. The molecule has 2 aliphatic heterocycles. The van der Waals surface area contributed by atoms with E-state index in [1.165, 1.54) is 24.3 Å². The lowest BCUT2D eigenvalue weighted by molar-refractivity contribution is -0.140. The van der Waals surface area contributed by atoms with E-state index < -0.39 is 59.0 Å². The Bertz CT molecular complexity index is 2620. The number of carbonyl (C=O) groups excluding carboxylic acids is 6. The van der Waals surface area contributed by atoms with Crippen LogP contribution in [0.2, 0.25) is 0 Å². The summed E-state index contributed by atoms with van der Waals surface area (Å²) >= 11 is 0. The van der Waals surface area contributed by atoms with Crippen molar-refractivity contribution in [3.8, 4) is 17.1 Å². The Kier molecular flexibility index (Phi) is 13.1. The van der Waals surface area contributed by atoms with Crippen molar-refractivity contribution < 1.29 is 51.1 Å². The zero-order chi connectivity index (χ0) is 45.7. The van der Waals surface area contributed by atoms with Gasteiger partial charge in [-0.25, -0.2) is 14.6 Å². The van der Waals surface area contributed by atoms with Crippen LogP contribution in [0.15, 0.2) is 77.7 Å². The summed E-state index contributed by atoms with van der Waals surface area (Å²) in [6.07, 6.45) is 2.30. The standard InChI is InChI=1S/C44H43F3N10O8/c45-44(46,47)37-31(52-39(60)32-24-65-41(53-32)28-14-16-49-34(21-28)51-22-25-6-7-25)23-56(55-37)29-10-8-27(9-11-29)38(59)50-18-20-64-19-17-48-15-2-4-26-3-1-5-30-36(26)43(63)57(42(30)62)33-12-13-35(58)54-40(33)61/h1,3,5,8-11,14,16,21,23-25,33,48H,2,4,6-7,12-13,15,17-20,22H2,(H,49,51)(H,50,59)(H,52,60)(H,54,58,61). The first-order valence-corrected chi connectivity index (χ1v) is 21.0. The van der Waals surface area contributed by atoms with Gasteiger partial charge in [0.25, 0.3) is 23.6 Å². The smallest absolute Gasteiger partial charge is 0.437 e. The molecule has 338 valence electrons. The quantitative estimate of drug-likeness (QED) is 0.0573. The molecule has 1 aliphatic carbocycles. The molecule has 2 aromatic carbocycles. The number of fused-ring (bicyclic) bond motifs is 1. The number of aryl methyl sites for hydroxylation is 1. The summed E-state index contributed by atoms with van der Waals surface area (Å²) in [6, 6.07) is 13.0. The monoisotopic (exact) mass is 896 g/mol. The molecule has 0 bridgehead atoms. The molecule has 65 heavy (non-hydrogen) atoms. The fourth-order valence-corrected chi connectivity index (χ4v) is 7.41. The average molecular weight is 897 g/mol. The van der Waals surface area contributed by atoms with Gasteiger partial charge in [0.05, 0.1) is 41.9 Å². The number of oxazole rings is 1. The molecule has 1 saturated carbocycles. The van der Waals surface area contributed by atoms with E-state index in [0.717, 1.165) is 41.4 Å². The van der Waals surface area contributed by atoms with Crippen LogP contribution in [-0.2, 0) is 26.9 Å². The van der Waals surface area contributed by atoms with Crippen LogP contribution in [0.1, 0.15) is 84.9 Å². The molecule has 1 unspecified atom stereocenters. The van der Waals surface area contributed by atoms with Crippen molar-refractivity contribution in [2.24, 2.45) is 5.92 Å². The zero-order valence-electron chi connectivity index (χ0n) is 34.7. The highest BCUT2D eigenvalue weighted by atomic mass is 19.4. The molecule has 18 nitrogen and oxygen atoms in total. The molecule has 5 N–H and O–H groups in total. The number of pyridine rings is 1. The molecule has 0 radical (unpaired) electrons. The number of aromatic nitrogens is 4. The first kappa shape index (κ1) is 44.4. The van der Waals surface area contributed by atoms with Gasteiger partial charge in [-0.2, -0.15) is 18.3 Å². The molecule has 0 spiro atoms. The van der Waals surface area contributed by atoms with E-state index >= 15 is 0 Å². The number of hydrogen-bond acceptors (Lipinski definition) is 13. The number of hydrogen-bond donors (Lipinski definition) is 5. The maximum atomic E-state index is 14.1. The second-order valence-electron chi connectivity index (χ2n) is 15.6. The Labute approximate surface area is 368 Å². The van der Waals surface area contributed by atoms with Crippen molar-refractivity contribution in [3.63, 3.8) is 0 Å². The van der Waals surface area contributed by atoms with Gasteiger partial charge in [0.15, 0.2) is 11.4 Å².